The van der Waals surface area contributed by atoms with Crippen molar-refractivity contribution in [3.05, 3.63) is 57.6 Å². The lowest BCUT2D eigenvalue weighted by Crippen LogP contribution is -2.44. The molecule has 6 heterocycles. The van der Waals surface area contributed by atoms with Gasteiger partial charge < -0.3 is 23.9 Å². The Balaban J connectivity index is 1.56. The Morgan fingerprint density at radius 3 is 2.74 bits per heavy atom. The number of pyridine rings is 2. The maximum atomic E-state index is 13.5. The molecule has 1 aromatic carbocycles. The predicted molar refractivity (Wildman–Crippen MR) is 118 cm³/mol. The third-order valence-electron chi connectivity index (χ3n) is 6.97. The monoisotopic (exact) mass is 458 g/mol. The van der Waals surface area contributed by atoms with Crippen molar-refractivity contribution in [2.24, 2.45) is 0 Å². The molecule has 0 spiro atoms. The molecule has 0 amide bonds. The number of esters is 1. The molecule has 4 aromatic rings. The van der Waals surface area contributed by atoms with Gasteiger partial charge in [-0.1, -0.05) is 6.92 Å². The zero-order valence-electron chi connectivity index (χ0n) is 18.0. The fourth-order valence-corrected chi connectivity index (χ4v) is 5.19. The first-order valence-corrected chi connectivity index (χ1v) is 10.9. The zero-order valence-corrected chi connectivity index (χ0v) is 18.0. The van der Waals surface area contributed by atoms with E-state index in [9.17, 15) is 14.7 Å². The predicted octanol–water partition coefficient (Wildman–Crippen LogP) is 2.20. The number of aromatic amines is 1. The van der Waals surface area contributed by atoms with Gasteiger partial charge in [0, 0.05) is 39.9 Å². The first-order chi connectivity index (χ1) is 16.5. The molecule has 3 aliphatic heterocycles. The molecule has 10 nitrogen and oxygen atoms in total. The summed E-state index contributed by atoms with van der Waals surface area (Å²) in [6.07, 6.45) is 3.60. The van der Waals surface area contributed by atoms with E-state index in [1.165, 1.54) is 0 Å². The number of H-pyrrole nitrogens is 1. The minimum atomic E-state index is -1.87. The molecule has 0 saturated carbocycles. The highest BCUT2D eigenvalue weighted by atomic mass is 16.7. The molecule has 0 radical (unpaired) electrons. The van der Waals surface area contributed by atoms with Gasteiger partial charge in [-0.2, -0.15) is 5.10 Å². The van der Waals surface area contributed by atoms with Crippen LogP contribution in [0.2, 0.25) is 0 Å². The van der Waals surface area contributed by atoms with E-state index in [4.69, 9.17) is 19.2 Å². The van der Waals surface area contributed by atoms with E-state index < -0.39 is 11.6 Å². The molecule has 0 aliphatic carbocycles. The summed E-state index contributed by atoms with van der Waals surface area (Å²) < 4.78 is 17.9. The first-order valence-electron chi connectivity index (χ1n) is 10.9. The van der Waals surface area contributed by atoms with E-state index in [0.29, 0.717) is 28.4 Å². The van der Waals surface area contributed by atoms with Crippen LogP contribution in [0.1, 0.15) is 30.0 Å². The molecule has 3 aliphatic rings. The Kier molecular flexibility index (Phi) is 3.66. The summed E-state index contributed by atoms with van der Waals surface area (Å²) in [6, 6.07) is 5.42. The number of nitrogens with zero attached hydrogens (tertiary/aromatic N) is 3. The third-order valence-corrected chi connectivity index (χ3v) is 6.97. The van der Waals surface area contributed by atoms with Crippen molar-refractivity contribution >= 4 is 16.9 Å². The van der Waals surface area contributed by atoms with Crippen molar-refractivity contribution in [1.29, 1.82) is 0 Å². The van der Waals surface area contributed by atoms with Crippen LogP contribution in [0.5, 0.6) is 11.5 Å². The van der Waals surface area contributed by atoms with Crippen LogP contribution in [0.4, 0.5) is 0 Å². The Bertz CT molecular complexity index is 1610. The van der Waals surface area contributed by atoms with Crippen LogP contribution in [-0.2, 0) is 28.3 Å². The number of benzene rings is 1. The van der Waals surface area contributed by atoms with Gasteiger partial charge in [0.05, 0.1) is 35.2 Å². The van der Waals surface area contributed by atoms with Gasteiger partial charge in [-0.05, 0) is 18.6 Å². The molecular weight excluding hydrogens is 440 g/mol. The number of ether oxygens (including phenoxy) is 3. The van der Waals surface area contributed by atoms with E-state index in [1.807, 2.05) is 12.1 Å². The smallest absolute Gasteiger partial charge is 0.343 e. The summed E-state index contributed by atoms with van der Waals surface area (Å²) in [6.45, 7) is 1.94. The number of hydrogen-bond donors (Lipinski definition) is 2. The Hall–Kier alpha value is -4.18. The van der Waals surface area contributed by atoms with Gasteiger partial charge in [0.25, 0.3) is 5.56 Å². The minimum absolute atomic E-state index is 0.0868. The minimum Gasteiger partial charge on any atom is -0.458 e. The van der Waals surface area contributed by atoms with Crippen molar-refractivity contribution in [3.63, 3.8) is 0 Å². The molecule has 170 valence electrons. The number of carbonyl (C=O) groups excluding carboxylic acids is 1. The van der Waals surface area contributed by atoms with Gasteiger partial charge >= 0.3 is 5.97 Å². The summed E-state index contributed by atoms with van der Waals surface area (Å²) in [7, 11) is 0. The standard InChI is InChI=1S/C24H18N4O6/c1-2-24(31)15-4-17-21-13(8-28(17)22(29)14(15)9-32-23(24)30)20(11-6-25-26-7-11)12-3-18-19(34-10-33-18)5-16(12)27-21/h3-7,31H,2,8-10H2,1H3,(H,25,26)/t24-/m0/s1. The number of fused-ring (bicyclic) bond motifs is 6. The van der Waals surface area contributed by atoms with Gasteiger partial charge in [-0.3, -0.25) is 9.89 Å². The van der Waals surface area contributed by atoms with Crippen molar-refractivity contribution in [1.82, 2.24) is 19.7 Å². The molecule has 0 bridgehead atoms. The SMILES string of the molecule is CC[C@@]1(O)C(=O)OCc2c1cc1n(c2=O)Cc2c-1nc1cc3c(cc1c2-c1cn[nH]c1)OCO3. The molecule has 0 fully saturated rings. The summed E-state index contributed by atoms with van der Waals surface area (Å²) in [5.41, 5.74) is 2.79. The second kappa shape index (κ2) is 6.45. The van der Waals surface area contributed by atoms with Gasteiger partial charge in [0.2, 0.25) is 6.79 Å². The van der Waals surface area contributed by atoms with E-state index >= 15 is 0 Å². The lowest BCUT2D eigenvalue weighted by molar-refractivity contribution is -0.172. The number of aliphatic hydroxyl groups is 1. The molecule has 2 N–H and O–H groups in total. The summed E-state index contributed by atoms with van der Waals surface area (Å²) in [5, 5.41) is 18.9. The van der Waals surface area contributed by atoms with E-state index in [0.717, 1.165) is 22.1 Å². The molecule has 7 rings (SSSR count). The van der Waals surface area contributed by atoms with Crippen LogP contribution in [-0.4, -0.2) is 37.6 Å². The number of aromatic nitrogens is 4. The van der Waals surface area contributed by atoms with Crippen LogP contribution >= 0.6 is 0 Å². The van der Waals surface area contributed by atoms with Crippen molar-refractivity contribution in [2.45, 2.75) is 32.1 Å². The van der Waals surface area contributed by atoms with Crippen molar-refractivity contribution in [3.8, 4) is 34.0 Å². The van der Waals surface area contributed by atoms with Gasteiger partial charge in [0.1, 0.15) is 6.61 Å². The molecule has 34 heavy (non-hydrogen) atoms. The Morgan fingerprint density at radius 2 is 1.97 bits per heavy atom. The average Bonchev–Trinajstić information content (AvgIpc) is 3.59. The van der Waals surface area contributed by atoms with Crippen LogP contribution in [0.15, 0.2) is 35.4 Å². The van der Waals surface area contributed by atoms with Crippen molar-refractivity contribution < 1.29 is 24.1 Å². The molecule has 0 saturated heterocycles. The average molecular weight is 458 g/mol. The number of carbonyl (C=O) groups is 1. The second-order valence-electron chi connectivity index (χ2n) is 8.63. The number of hydrogen-bond acceptors (Lipinski definition) is 8. The highest BCUT2D eigenvalue weighted by molar-refractivity contribution is 6.01. The fraction of sp³-hybridized carbons (Fsp3) is 0.250. The number of cyclic esters (lactones) is 1. The molecule has 10 heteroatoms. The first kappa shape index (κ1) is 19.3. The molecule has 3 aromatic heterocycles. The van der Waals surface area contributed by atoms with Gasteiger partial charge in [-0.15, -0.1) is 0 Å². The fourth-order valence-electron chi connectivity index (χ4n) is 5.19. The van der Waals surface area contributed by atoms with Crippen LogP contribution < -0.4 is 15.0 Å². The van der Waals surface area contributed by atoms with E-state index in [-0.39, 0.29) is 43.1 Å². The molecule has 1 atom stereocenters. The highest BCUT2D eigenvalue weighted by Gasteiger charge is 2.45. The maximum Gasteiger partial charge on any atom is 0.343 e. The largest absolute Gasteiger partial charge is 0.458 e. The normalized spacial score (nSPS) is 19.6. The maximum absolute atomic E-state index is 13.5. The van der Waals surface area contributed by atoms with Crippen molar-refractivity contribution in [2.75, 3.05) is 6.79 Å². The molecule has 0 unspecified atom stereocenters. The molecular formula is C24H18N4O6. The Labute approximate surface area is 191 Å². The third kappa shape index (κ3) is 2.32. The number of nitrogens with one attached hydrogen (secondary N) is 1. The zero-order chi connectivity index (χ0) is 23.2. The highest BCUT2D eigenvalue weighted by Crippen LogP contribution is 2.45. The van der Waals surface area contributed by atoms with Gasteiger partial charge in [0.15, 0.2) is 17.1 Å². The van der Waals surface area contributed by atoms with E-state index in [1.54, 1.807) is 30.0 Å². The summed E-state index contributed by atoms with van der Waals surface area (Å²) >= 11 is 0. The van der Waals surface area contributed by atoms with Crippen LogP contribution in [0.3, 0.4) is 0 Å². The quantitative estimate of drug-likeness (QED) is 0.385. The lowest BCUT2D eigenvalue weighted by Gasteiger charge is -2.31. The van der Waals surface area contributed by atoms with E-state index in [2.05, 4.69) is 10.2 Å². The van der Waals surface area contributed by atoms with Crippen LogP contribution in [0.25, 0.3) is 33.4 Å². The second-order valence-corrected chi connectivity index (χ2v) is 8.63. The van der Waals surface area contributed by atoms with Crippen LogP contribution in [0, 0.1) is 0 Å². The topological polar surface area (TPSA) is 129 Å². The Morgan fingerprint density at radius 1 is 1.15 bits per heavy atom. The lowest BCUT2D eigenvalue weighted by atomic mass is 9.86. The van der Waals surface area contributed by atoms with Gasteiger partial charge in [-0.25, -0.2) is 9.78 Å². The number of rotatable bonds is 2. The summed E-state index contributed by atoms with van der Waals surface area (Å²) in [5.74, 6) is 0.483. The summed E-state index contributed by atoms with van der Waals surface area (Å²) in [4.78, 5) is 30.8.